The van der Waals surface area contributed by atoms with E-state index in [4.69, 9.17) is 12.2 Å². The minimum absolute atomic E-state index is 0.0541. The first-order valence-electron chi connectivity index (χ1n) is 10.8. The lowest BCUT2D eigenvalue weighted by molar-refractivity contribution is -0.157. The Bertz CT molecular complexity index is 1320. The van der Waals surface area contributed by atoms with E-state index in [0.29, 0.717) is 28.0 Å². The lowest BCUT2D eigenvalue weighted by Crippen LogP contribution is -2.62. The van der Waals surface area contributed by atoms with Crippen molar-refractivity contribution in [1.82, 2.24) is 14.8 Å². The second-order valence-corrected chi connectivity index (χ2v) is 7.34. The van der Waals surface area contributed by atoms with E-state index in [2.05, 4.69) is 4.98 Å². The van der Waals surface area contributed by atoms with E-state index in [1.165, 1.54) is 11.9 Å². The molecule has 4 heterocycles. The SMILES string of the molecule is [2H]C1([2H])c2c([nH]c3ccccc23)[C@@]([2H])(c2ccc3c(c2)OCO3)N2C(=O)CN(C)C(=O)[C@H]21. The summed E-state index contributed by atoms with van der Waals surface area (Å²) in [6.45, 7) is -0.176. The van der Waals surface area contributed by atoms with Crippen molar-refractivity contribution in [3.05, 3.63) is 59.3 Å². The van der Waals surface area contributed by atoms with Crippen LogP contribution in [0, 0.1) is 0 Å². The van der Waals surface area contributed by atoms with Crippen LogP contribution in [0.1, 0.15) is 27.0 Å². The number of hydrogen-bond acceptors (Lipinski definition) is 4. The molecule has 6 rings (SSSR count). The molecule has 2 amide bonds. The van der Waals surface area contributed by atoms with Gasteiger partial charge in [-0.05, 0) is 29.3 Å². The highest BCUT2D eigenvalue weighted by Crippen LogP contribution is 2.44. The zero-order chi connectivity index (χ0) is 22.4. The Hall–Kier alpha value is -3.48. The topological polar surface area (TPSA) is 74.9 Å². The van der Waals surface area contributed by atoms with E-state index in [-0.39, 0.29) is 24.6 Å². The van der Waals surface area contributed by atoms with Crippen molar-refractivity contribution in [3.8, 4) is 11.5 Å². The zero-order valence-electron chi connectivity index (χ0n) is 18.6. The first-order valence-corrected chi connectivity index (χ1v) is 9.33. The number of piperazine rings is 1. The molecule has 3 aliphatic heterocycles. The molecule has 1 N–H and O–H groups in total. The molecule has 1 aromatic heterocycles. The minimum atomic E-state index is -2.21. The Morgan fingerprint density at radius 2 is 2.00 bits per heavy atom. The standard InChI is InChI=1S/C22H19N3O4/c1-24-10-19(26)25-16(22(24)27)9-14-13-4-2-3-5-15(13)23-20(14)21(25)12-6-7-17-18(8-12)29-11-28-17/h2-8,16,21,23H,9-11H2,1H3/t16-,21-/m1/s1/i9D2,21D. The van der Waals surface area contributed by atoms with Gasteiger partial charge in [-0.15, -0.1) is 0 Å². The predicted octanol–water partition coefficient (Wildman–Crippen LogP) is 2.21. The number of para-hydroxylation sites is 1. The van der Waals surface area contributed by atoms with E-state index < -0.39 is 30.2 Å². The number of ether oxygens (including phenoxy) is 2. The lowest BCUT2D eigenvalue weighted by atomic mass is 9.86. The molecule has 0 bridgehead atoms. The Balaban J connectivity index is 1.71. The number of aromatic amines is 1. The van der Waals surface area contributed by atoms with E-state index in [0.717, 1.165) is 4.90 Å². The van der Waals surface area contributed by atoms with Crippen LogP contribution < -0.4 is 9.47 Å². The summed E-state index contributed by atoms with van der Waals surface area (Å²) in [7, 11) is 1.48. The van der Waals surface area contributed by atoms with Gasteiger partial charge < -0.3 is 24.3 Å². The van der Waals surface area contributed by atoms with Crippen molar-refractivity contribution in [2.45, 2.75) is 18.4 Å². The third-order valence-electron chi connectivity index (χ3n) is 5.62. The van der Waals surface area contributed by atoms with Crippen molar-refractivity contribution in [1.29, 1.82) is 0 Å². The maximum Gasteiger partial charge on any atom is 0.245 e. The van der Waals surface area contributed by atoms with Gasteiger partial charge in [-0.2, -0.15) is 0 Å². The average molecular weight is 392 g/mol. The first-order chi connectivity index (χ1) is 15.2. The molecule has 7 nitrogen and oxygen atoms in total. The van der Waals surface area contributed by atoms with Gasteiger partial charge in [-0.3, -0.25) is 9.59 Å². The summed E-state index contributed by atoms with van der Waals surface area (Å²) >= 11 is 0. The molecule has 3 aromatic rings. The maximum absolute atomic E-state index is 13.3. The molecule has 1 saturated heterocycles. The van der Waals surface area contributed by atoms with Crippen molar-refractivity contribution in [3.63, 3.8) is 0 Å². The molecule has 0 spiro atoms. The van der Waals surface area contributed by atoms with Gasteiger partial charge in [0.1, 0.15) is 6.04 Å². The molecule has 29 heavy (non-hydrogen) atoms. The first kappa shape index (κ1) is 13.7. The number of rotatable bonds is 1. The van der Waals surface area contributed by atoms with Crippen LogP contribution in [-0.4, -0.2) is 53.0 Å². The molecule has 146 valence electrons. The Kier molecular flexibility index (Phi) is 2.71. The quantitative estimate of drug-likeness (QED) is 0.689. The number of fused-ring (bicyclic) bond motifs is 5. The summed E-state index contributed by atoms with van der Waals surface area (Å²) in [5.74, 6) is -0.0802. The van der Waals surface area contributed by atoms with Crippen LogP contribution >= 0.6 is 0 Å². The van der Waals surface area contributed by atoms with Crippen molar-refractivity contribution in [2.75, 3.05) is 20.4 Å². The smallest absolute Gasteiger partial charge is 0.245 e. The molecule has 3 aliphatic rings. The number of nitrogens with one attached hydrogen (secondary N) is 1. The lowest BCUT2D eigenvalue weighted by Gasteiger charge is -2.46. The summed E-state index contributed by atoms with van der Waals surface area (Å²) in [5, 5.41) is 0.581. The summed E-state index contributed by atoms with van der Waals surface area (Å²) in [6.07, 6.45) is -2.21. The number of hydrogen-bond donors (Lipinski definition) is 1. The monoisotopic (exact) mass is 392 g/mol. The van der Waals surface area contributed by atoms with E-state index in [1.54, 1.807) is 36.4 Å². The van der Waals surface area contributed by atoms with Gasteiger partial charge >= 0.3 is 0 Å². The Labute approximate surface area is 171 Å². The number of aromatic nitrogens is 1. The normalized spacial score (nSPS) is 28.6. The van der Waals surface area contributed by atoms with Crippen LogP contribution in [0.3, 0.4) is 0 Å². The fourth-order valence-corrected chi connectivity index (χ4v) is 4.25. The van der Waals surface area contributed by atoms with Gasteiger partial charge in [-0.1, -0.05) is 24.3 Å². The second-order valence-electron chi connectivity index (χ2n) is 7.34. The van der Waals surface area contributed by atoms with E-state index >= 15 is 0 Å². The van der Waals surface area contributed by atoms with Gasteiger partial charge in [0, 0.05) is 32.8 Å². The summed E-state index contributed by atoms with van der Waals surface area (Å²) in [5.41, 5.74) is 1.45. The molecule has 1 fully saturated rings. The van der Waals surface area contributed by atoms with Crippen LogP contribution in [0.25, 0.3) is 10.9 Å². The number of amides is 2. The second kappa shape index (κ2) is 5.76. The van der Waals surface area contributed by atoms with Gasteiger partial charge in [-0.25, -0.2) is 0 Å². The molecule has 0 saturated carbocycles. The van der Waals surface area contributed by atoms with Crippen LogP contribution in [0.2, 0.25) is 0 Å². The van der Waals surface area contributed by atoms with Crippen molar-refractivity contribution in [2.24, 2.45) is 0 Å². The number of carbonyl (C=O) groups excluding carboxylic acids is 2. The molecule has 0 unspecified atom stereocenters. The largest absolute Gasteiger partial charge is 0.454 e. The zero-order valence-corrected chi connectivity index (χ0v) is 15.6. The van der Waals surface area contributed by atoms with E-state index in [1.807, 2.05) is 6.07 Å². The van der Waals surface area contributed by atoms with Crippen molar-refractivity contribution < 1.29 is 23.2 Å². The molecule has 7 heteroatoms. The van der Waals surface area contributed by atoms with Gasteiger partial charge in [0.25, 0.3) is 0 Å². The van der Waals surface area contributed by atoms with Crippen LogP contribution in [0.4, 0.5) is 0 Å². The average Bonchev–Trinajstić information content (AvgIpc) is 3.39. The highest BCUT2D eigenvalue weighted by molar-refractivity contribution is 5.97. The predicted molar refractivity (Wildman–Crippen MR) is 105 cm³/mol. The Morgan fingerprint density at radius 3 is 2.90 bits per heavy atom. The number of likely N-dealkylation sites (N-methyl/N-ethyl adjacent to an activating group) is 1. The molecule has 2 atom stereocenters. The third-order valence-corrected chi connectivity index (χ3v) is 5.62. The minimum Gasteiger partial charge on any atom is -0.454 e. The summed E-state index contributed by atoms with van der Waals surface area (Å²) in [4.78, 5) is 32.0. The fourth-order valence-electron chi connectivity index (χ4n) is 4.25. The molecule has 2 aromatic carbocycles. The Morgan fingerprint density at radius 1 is 1.17 bits per heavy atom. The highest BCUT2D eigenvalue weighted by Gasteiger charge is 2.47. The summed E-state index contributed by atoms with van der Waals surface area (Å²) < 4.78 is 38.5. The number of H-pyrrole nitrogens is 1. The van der Waals surface area contributed by atoms with Gasteiger partial charge in [0.05, 0.1) is 13.9 Å². The summed E-state index contributed by atoms with van der Waals surface area (Å²) in [6, 6.07) is 8.73. The molecular formula is C22H19N3O4. The number of carbonyl (C=O) groups is 2. The number of nitrogens with zero attached hydrogens (tertiary/aromatic N) is 2. The van der Waals surface area contributed by atoms with Gasteiger partial charge in [0.2, 0.25) is 18.6 Å². The number of benzene rings is 2. The highest BCUT2D eigenvalue weighted by atomic mass is 16.7. The van der Waals surface area contributed by atoms with Crippen molar-refractivity contribution >= 4 is 22.7 Å². The molecular weight excluding hydrogens is 370 g/mol. The molecule has 0 radical (unpaired) electrons. The maximum atomic E-state index is 13.3. The molecule has 0 aliphatic carbocycles. The van der Waals surface area contributed by atoms with Crippen LogP contribution in [-0.2, 0) is 16.0 Å². The van der Waals surface area contributed by atoms with Crippen LogP contribution in [0.15, 0.2) is 42.5 Å². The van der Waals surface area contributed by atoms with E-state index in [9.17, 15) is 11.0 Å². The van der Waals surface area contributed by atoms with Crippen LogP contribution in [0.5, 0.6) is 11.5 Å². The van der Waals surface area contributed by atoms with Gasteiger partial charge in [0.15, 0.2) is 11.5 Å². The fraction of sp³-hybridized carbons (Fsp3) is 0.273. The third kappa shape index (κ3) is 2.24.